The third kappa shape index (κ3) is 1.67. The van der Waals surface area contributed by atoms with E-state index in [-0.39, 0.29) is 10.8 Å². The van der Waals surface area contributed by atoms with E-state index in [2.05, 4.69) is 12.6 Å². The van der Waals surface area contributed by atoms with E-state index < -0.39 is 28.0 Å². The lowest BCUT2D eigenvalue weighted by Crippen LogP contribution is -2.37. The van der Waals surface area contributed by atoms with Gasteiger partial charge in [-0.1, -0.05) is 0 Å². The molecule has 0 saturated carbocycles. The third-order valence-corrected chi connectivity index (χ3v) is 2.97. The zero-order valence-corrected chi connectivity index (χ0v) is 10.7. The van der Waals surface area contributed by atoms with Crippen LogP contribution < -0.4 is 11.1 Å². The van der Waals surface area contributed by atoms with Crippen LogP contribution in [-0.2, 0) is 7.05 Å². The summed E-state index contributed by atoms with van der Waals surface area (Å²) in [7, 11) is 1.44. The van der Waals surface area contributed by atoms with Crippen LogP contribution in [0.2, 0.25) is 0 Å². The fourth-order valence-corrected chi connectivity index (χ4v) is 2.14. The molecule has 7 heteroatoms. The molecule has 1 unspecified atom stereocenters. The van der Waals surface area contributed by atoms with E-state index in [4.69, 9.17) is 0 Å². The molecule has 0 radical (unpaired) electrons. The van der Waals surface area contributed by atoms with Crippen molar-refractivity contribution in [1.29, 1.82) is 0 Å². The number of hydrogen-bond acceptors (Lipinski definition) is 5. The summed E-state index contributed by atoms with van der Waals surface area (Å²) < 4.78 is 2.31. The molecule has 2 N–H and O–H groups in total. The molecule has 2 aromatic rings. The first kappa shape index (κ1) is 12.6. The number of aromatic hydroxyl groups is 2. The minimum atomic E-state index is -0.490. The Labute approximate surface area is 107 Å². The van der Waals surface area contributed by atoms with Crippen molar-refractivity contribution in [2.45, 2.75) is 12.3 Å². The summed E-state index contributed by atoms with van der Waals surface area (Å²) in [4.78, 5) is 24.2. The zero-order chi connectivity index (χ0) is 13.6. The summed E-state index contributed by atoms with van der Waals surface area (Å²) in [5.41, 5.74) is -0.898. The summed E-state index contributed by atoms with van der Waals surface area (Å²) in [6, 6.07) is 2.17. The van der Waals surface area contributed by atoms with Crippen molar-refractivity contribution in [2.24, 2.45) is 7.05 Å². The molecule has 0 amide bonds. The highest BCUT2D eigenvalue weighted by molar-refractivity contribution is 7.80. The number of phenols is 2. The van der Waals surface area contributed by atoms with Gasteiger partial charge in [-0.2, -0.15) is 12.6 Å². The van der Waals surface area contributed by atoms with Crippen LogP contribution in [0.25, 0.3) is 10.8 Å². The lowest BCUT2D eigenvalue weighted by Gasteiger charge is -2.15. The predicted octanol–water partition coefficient (Wildman–Crippen LogP) is 0.560. The fourth-order valence-electron chi connectivity index (χ4n) is 1.88. The van der Waals surface area contributed by atoms with Gasteiger partial charge in [0.15, 0.2) is 11.5 Å². The summed E-state index contributed by atoms with van der Waals surface area (Å²) in [6.07, 6.45) is 0. The van der Waals surface area contributed by atoms with E-state index in [0.717, 1.165) is 16.8 Å². The largest absolute Gasteiger partial charge is 0.504 e. The van der Waals surface area contributed by atoms with Crippen LogP contribution in [0.15, 0.2) is 21.7 Å². The van der Waals surface area contributed by atoms with Gasteiger partial charge >= 0.3 is 0 Å². The van der Waals surface area contributed by atoms with Gasteiger partial charge in [0.1, 0.15) is 0 Å². The SMILES string of the molecule is CC(S)n1c(=O)c2cc(O)c(O)cc2c(=O)n1C. The van der Waals surface area contributed by atoms with Crippen LogP contribution in [-0.4, -0.2) is 19.6 Å². The van der Waals surface area contributed by atoms with Crippen molar-refractivity contribution >= 4 is 23.4 Å². The van der Waals surface area contributed by atoms with Crippen molar-refractivity contribution in [2.75, 3.05) is 0 Å². The summed E-state index contributed by atoms with van der Waals surface area (Å²) >= 11 is 4.14. The highest BCUT2D eigenvalue weighted by Gasteiger charge is 2.15. The van der Waals surface area contributed by atoms with E-state index in [1.807, 2.05) is 0 Å². The second-order valence-electron chi connectivity index (χ2n) is 4.00. The highest BCUT2D eigenvalue weighted by atomic mass is 32.1. The van der Waals surface area contributed by atoms with Crippen LogP contribution >= 0.6 is 12.6 Å². The quantitative estimate of drug-likeness (QED) is 0.521. The summed E-state index contributed by atoms with van der Waals surface area (Å²) in [5.74, 6) is -0.873. The predicted molar refractivity (Wildman–Crippen MR) is 70.5 cm³/mol. The van der Waals surface area contributed by atoms with E-state index in [1.165, 1.54) is 11.7 Å². The first-order valence-electron chi connectivity index (χ1n) is 5.20. The van der Waals surface area contributed by atoms with Crippen LogP contribution in [0, 0.1) is 0 Å². The monoisotopic (exact) mass is 268 g/mol. The van der Waals surface area contributed by atoms with Gasteiger partial charge in [-0.3, -0.25) is 9.59 Å². The number of hydrogen-bond donors (Lipinski definition) is 3. The molecule has 1 aromatic heterocycles. The third-order valence-electron chi connectivity index (χ3n) is 2.75. The van der Waals surface area contributed by atoms with Crippen LogP contribution in [0.4, 0.5) is 0 Å². The van der Waals surface area contributed by atoms with Gasteiger partial charge in [0.2, 0.25) is 0 Å². The molecule has 0 bridgehead atoms. The van der Waals surface area contributed by atoms with E-state index in [1.54, 1.807) is 6.92 Å². The normalized spacial score (nSPS) is 12.8. The molecule has 6 nitrogen and oxygen atoms in total. The van der Waals surface area contributed by atoms with Gasteiger partial charge in [-0.05, 0) is 19.1 Å². The molecule has 0 fully saturated rings. The molecule has 0 aliphatic carbocycles. The lowest BCUT2D eigenvalue weighted by atomic mass is 10.1. The average Bonchev–Trinajstić information content (AvgIpc) is 2.29. The van der Waals surface area contributed by atoms with Gasteiger partial charge in [-0.25, -0.2) is 9.36 Å². The van der Waals surface area contributed by atoms with Crippen molar-refractivity contribution in [3.8, 4) is 11.5 Å². The molecule has 2 rings (SSSR count). The number of benzene rings is 1. The second kappa shape index (κ2) is 4.09. The average molecular weight is 268 g/mol. The van der Waals surface area contributed by atoms with E-state index >= 15 is 0 Å². The molecule has 18 heavy (non-hydrogen) atoms. The first-order chi connectivity index (χ1) is 8.34. The Morgan fingerprint density at radius 2 is 1.56 bits per heavy atom. The van der Waals surface area contributed by atoms with Crippen molar-refractivity contribution in [1.82, 2.24) is 9.36 Å². The standard InChI is InChI=1S/C11H12N2O4S/c1-5(18)13-11(17)7-4-9(15)8(14)3-6(7)10(16)12(13)2/h3-5,14-15,18H,1-2H3. The summed E-state index contributed by atoms with van der Waals surface area (Å²) in [5, 5.41) is 18.4. The molecule has 1 aromatic carbocycles. The van der Waals surface area contributed by atoms with Crippen molar-refractivity contribution < 1.29 is 10.2 Å². The van der Waals surface area contributed by atoms with Gasteiger partial charge in [0, 0.05) is 7.05 Å². The lowest BCUT2D eigenvalue weighted by molar-refractivity contribution is 0.404. The molecular weight excluding hydrogens is 256 g/mol. The maximum Gasteiger partial charge on any atom is 0.274 e. The Morgan fingerprint density at radius 3 is 2.00 bits per heavy atom. The number of fused-ring (bicyclic) bond motifs is 1. The zero-order valence-electron chi connectivity index (χ0n) is 9.78. The van der Waals surface area contributed by atoms with Crippen LogP contribution in [0.3, 0.4) is 0 Å². The van der Waals surface area contributed by atoms with Crippen molar-refractivity contribution in [3.05, 3.63) is 32.8 Å². The second-order valence-corrected chi connectivity index (χ2v) is 4.74. The minimum Gasteiger partial charge on any atom is -0.504 e. The molecule has 0 saturated heterocycles. The van der Waals surface area contributed by atoms with Gasteiger partial charge < -0.3 is 10.2 Å². The Hall–Kier alpha value is -1.89. The minimum absolute atomic E-state index is 0.0503. The highest BCUT2D eigenvalue weighted by Crippen LogP contribution is 2.27. The number of phenolic OH excluding ortho intramolecular Hbond substituents is 2. The summed E-state index contributed by atoms with van der Waals surface area (Å²) in [6.45, 7) is 1.65. The molecule has 0 spiro atoms. The van der Waals surface area contributed by atoms with Gasteiger partial charge in [-0.15, -0.1) is 0 Å². The van der Waals surface area contributed by atoms with E-state index in [0.29, 0.717) is 0 Å². The maximum absolute atomic E-state index is 12.2. The first-order valence-corrected chi connectivity index (χ1v) is 5.71. The molecule has 96 valence electrons. The maximum atomic E-state index is 12.2. The smallest absolute Gasteiger partial charge is 0.274 e. The topological polar surface area (TPSA) is 84.5 Å². The molecule has 1 atom stereocenters. The molecular formula is C11H12N2O4S. The number of nitrogens with zero attached hydrogens (tertiary/aromatic N) is 2. The van der Waals surface area contributed by atoms with Gasteiger partial charge in [0.05, 0.1) is 16.1 Å². The van der Waals surface area contributed by atoms with Crippen molar-refractivity contribution in [3.63, 3.8) is 0 Å². The fraction of sp³-hybridized carbons (Fsp3) is 0.273. The Kier molecular flexibility index (Phi) is 2.86. The Morgan fingerprint density at radius 1 is 1.11 bits per heavy atom. The number of thiol groups is 1. The van der Waals surface area contributed by atoms with E-state index in [9.17, 15) is 19.8 Å². The number of rotatable bonds is 1. The Balaban J connectivity index is 3.09. The van der Waals surface area contributed by atoms with Crippen LogP contribution in [0.1, 0.15) is 12.3 Å². The van der Waals surface area contributed by atoms with Crippen LogP contribution in [0.5, 0.6) is 11.5 Å². The molecule has 0 aliphatic heterocycles. The Bertz CT molecular complexity index is 745. The van der Waals surface area contributed by atoms with Gasteiger partial charge in [0.25, 0.3) is 11.1 Å². The number of aromatic nitrogens is 2. The molecule has 1 heterocycles. The molecule has 0 aliphatic rings.